The minimum Gasteiger partial charge on any atom is -0.463 e. The Hall–Kier alpha value is -4.42. The Morgan fingerprint density at radius 2 is 1.38 bits per heavy atom. The van der Waals surface area contributed by atoms with Gasteiger partial charge in [0.15, 0.2) is 24.5 Å². The van der Waals surface area contributed by atoms with Crippen LogP contribution in [0.4, 0.5) is 0 Å². The second-order valence-electron chi connectivity index (χ2n) is 8.51. The molecule has 208 valence electrons. The van der Waals surface area contributed by atoms with Gasteiger partial charge in [-0.1, -0.05) is 12.1 Å². The first-order valence-corrected chi connectivity index (χ1v) is 11.9. The first kappa shape index (κ1) is 29.1. The summed E-state index contributed by atoms with van der Waals surface area (Å²) < 4.78 is 26.7. The van der Waals surface area contributed by atoms with Crippen molar-refractivity contribution < 1.29 is 52.5 Å². The number of imide groups is 1. The zero-order valence-corrected chi connectivity index (χ0v) is 21.6. The number of aliphatic imine (C=N–C) groups is 2. The van der Waals surface area contributed by atoms with Crippen molar-refractivity contribution in [2.75, 3.05) is 19.7 Å². The number of hydrogen-bond acceptors (Lipinski definition) is 13. The molecule has 0 saturated carbocycles. The number of esters is 4. The molecule has 5 atom stereocenters. The molecule has 39 heavy (non-hydrogen) atoms. The Balaban J connectivity index is 1.81. The summed E-state index contributed by atoms with van der Waals surface area (Å²) in [5.74, 6) is -3.85. The van der Waals surface area contributed by atoms with Gasteiger partial charge in [-0.15, -0.1) is 0 Å². The lowest BCUT2D eigenvalue weighted by Crippen LogP contribution is -2.61. The van der Waals surface area contributed by atoms with E-state index in [1.807, 2.05) is 0 Å². The minimum atomic E-state index is -1.39. The number of carbonyl (C=O) groups excluding carboxylic acids is 6. The van der Waals surface area contributed by atoms with E-state index in [0.29, 0.717) is 11.1 Å². The summed E-state index contributed by atoms with van der Waals surface area (Å²) in [5.41, 5.74) is 0.607. The molecule has 14 nitrogen and oxygen atoms in total. The molecule has 0 N–H and O–H groups in total. The van der Waals surface area contributed by atoms with E-state index in [9.17, 15) is 28.8 Å². The topological polar surface area (TPSA) is 177 Å². The fraction of sp³-hybridized carbons (Fsp3) is 0.480. The largest absolute Gasteiger partial charge is 0.463 e. The molecular weight excluding hydrogens is 518 g/mol. The highest BCUT2D eigenvalue weighted by molar-refractivity contribution is 6.21. The predicted octanol–water partition coefficient (Wildman–Crippen LogP) is 0.540. The summed E-state index contributed by atoms with van der Waals surface area (Å²) in [4.78, 5) is 80.9. The molecule has 0 aromatic heterocycles. The highest BCUT2D eigenvalue weighted by Crippen LogP contribution is 2.30. The lowest BCUT2D eigenvalue weighted by molar-refractivity contribution is -0.250. The van der Waals surface area contributed by atoms with E-state index >= 15 is 0 Å². The van der Waals surface area contributed by atoms with Gasteiger partial charge in [-0.2, -0.15) is 4.99 Å². The fourth-order valence-electron chi connectivity index (χ4n) is 4.05. The molecule has 0 aliphatic carbocycles. The van der Waals surface area contributed by atoms with Gasteiger partial charge >= 0.3 is 23.9 Å². The van der Waals surface area contributed by atoms with Crippen LogP contribution in [0.5, 0.6) is 0 Å². The monoisotopic (exact) mass is 545 g/mol. The van der Waals surface area contributed by atoms with Gasteiger partial charge < -0.3 is 23.7 Å². The van der Waals surface area contributed by atoms with Crippen LogP contribution in [0.15, 0.2) is 34.3 Å². The third-order valence-corrected chi connectivity index (χ3v) is 5.54. The van der Waals surface area contributed by atoms with Crippen molar-refractivity contribution in [3.63, 3.8) is 0 Å². The molecule has 1 aromatic rings. The van der Waals surface area contributed by atoms with Gasteiger partial charge in [0.1, 0.15) is 12.7 Å². The van der Waals surface area contributed by atoms with Crippen LogP contribution >= 0.6 is 0 Å². The normalized spacial score (nSPS) is 23.7. The van der Waals surface area contributed by atoms with Crippen LogP contribution in [-0.4, -0.2) is 96.9 Å². The zero-order valence-electron chi connectivity index (χ0n) is 21.6. The van der Waals surface area contributed by atoms with Crippen molar-refractivity contribution in [1.29, 1.82) is 0 Å². The average molecular weight is 546 g/mol. The van der Waals surface area contributed by atoms with Gasteiger partial charge in [-0.25, -0.2) is 4.99 Å². The van der Waals surface area contributed by atoms with Crippen molar-refractivity contribution in [1.82, 2.24) is 4.90 Å². The van der Waals surface area contributed by atoms with E-state index in [1.165, 1.54) is 0 Å². The van der Waals surface area contributed by atoms with Crippen molar-refractivity contribution in [3.8, 4) is 0 Å². The van der Waals surface area contributed by atoms with Crippen molar-refractivity contribution in [2.24, 2.45) is 9.98 Å². The summed E-state index contributed by atoms with van der Waals surface area (Å²) in [5, 5.41) is 0. The lowest BCUT2D eigenvalue weighted by atomic mass is 9.97. The smallest absolute Gasteiger partial charge is 0.303 e. The molecule has 0 spiro atoms. The lowest BCUT2D eigenvalue weighted by Gasteiger charge is -2.42. The molecule has 1 saturated heterocycles. The molecule has 0 unspecified atom stereocenters. The third-order valence-electron chi connectivity index (χ3n) is 5.54. The Labute approximate surface area is 222 Å². The number of rotatable bonds is 9. The summed E-state index contributed by atoms with van der Waals surface area (Å²) in [6.07, 6.45) is -6.61. The number of fused-ring (bicyclic) bond motifs is 1. The predicted molar refractivity (Wildman–Crippen MR) is 128 cm³/mol. The number of ether oxygens (including phenoxy) is 5. The Bertz CT molecular complexity index is 1190. The highest BCUT2D eigenvalue weighted by atomic mass is 16.7. The van der Waals surface area contributed by atoms with Gasteiger partial charge in [-0.05, 0) is 12.1 Å². The van der Waals surface area contributed by atoms with Crippen molar-refractivity contribution in [2.45, 2.75) is 58.3 Å². The fourth-order valence-corrected chi connectivity index (χ4v) is 4.05. The molecule has 2 aliphatic heterocycles. The first-order chi connectivity index (χ1) is 18.5. The maximum atomic E-state index is 12.5. The summed E-state index contributed by atoms with van der Waals surface area (Å²) >= 11 is 0. The average Bonchev–Trinajstić information content (AvgIpc) is 3.10. The first-order valence-electron chi connectivity index (χ1n) is 11.9. The minimum absolute atomic E-state index is 0.0482. The number of benzene rings is 1. The maximum Gasteiger partial charge on any atom is 0.303 e. The molecular formula is C25H27N3O11. The summed E-state index contributed by atoms with van der Waals surface area (Å²) in [6, 6.07) is 8.81. The molecule has 2 aliphatic rings. The van der Waals surface area contributed by atoms with Crippen LogP contribution in [0, 0.1) is 0 Å². The molecule has 1 fully saturated rings. The Kier molecular flexibility index (Phi) is 9.63. The second-order valence-corrected chi connectivity index (χ2v) is 8.51. The molecule has 3 rings (SSSR count). The Morgan fingerprint density at radius 1 is 0.846 bits per heavy atom. The highest BCUT2D eigenvalue weighted by Gasteiger charge is 2.52. The van der Waals surface area contributed by atoms with E-state index < -0.39 is 72.9 Å². The standard InChI is InChI=1S/C25H27N3O11/c1-13(29)35-11-19-20(36-14(2)30)21(37-15(3)31)22(38-16(4)32)23(39-19)27-12-26-9-10-28-24(33)17-7-5-6-8-18(17)25(28)34/h5-8,19-23H,9-11H2,1-4H3/t19-,20-,21+,22-,23-/m1/s1. The summed E-state index contributed by atoms with van der Waals surface area (Å²) in [7, 11) is 0. The van der Waals surface area contributed by atoms with Gasteiger partial charge in [-0.3, -0.25) is 33.7 Å². The Morgan fingerprint density at radius 3 is 1.92 bits per heavy atom. The number of carbonyl (C=O) groups is 6. The maximum absolute atomic E-state index is 12.5. The van der Waals surface area contributed by atoms with Gasteiger partial charge in [0.2, 0.25) is 0 Å². The van der Waals surface area contributed by atoms with Crippen LogP contribution in [0.25, 0.3) is 0 Å². The molecule has 0 bridgehead atoms. The molecule has 14 heteroatoms. The van der Waals surface area contributed by atoms with E-state index in [-0.39, 0.29) is 13.1 Å². The van der Waals surface area contributed by atoms with Crippen molar-refractivity contribution in [3.05, 3.63) is 35.4 Å². The summed E-state index contributed by atoms with van der Waals surface area (Å²) in [6.45, 7) is 3.97. The van der Waals surface area contributed by atoms with Crippen LogP contribution in [0.3, 0.4) is 0 Å². The van der Waals surface area contributed by atoms with Gasteiger partial charge in [0.05, 0.1) is 23.7 Å². The molecule has 2 heterocycles. The van der Waals surface area contributed by atoms with E-state index in [2.05, 4.69) is 16.0 Å². The van der Waals surface area contributed by atoms with E-state index in [1.54, 1.807) is 24.3 Å². The quantitative estimate of drug-likeness (QED) is 0.183. The van der Waals surface area contributed by atoms with Crippen LogP contribution in [0.1, 0.15) is 48.4 Å². The third kappa shape index (κ3) is 7.33. The number of amides is 2. The molecule has 1 aromatic carbocycles. The van der Waals surface area contributed by atoms with E-state index in [4.69, 9.17) is 23.7 Å². The van der Waals surface area contributed by atoms with Gasteiger partial charge in [0.25, 0.3) is 11.8 Å². The van der Waals surface area contributed by atoms with Crippen LogP contribution in [-0.2, 0) is 42.9 Å². The van der Waals surface area contributed by atoms with Crippen molar-refractivity contribution >= 4 is 41.7 Å². The molecule has 0 radical (unpaired) electrons. The second kappa shape index (κ2) is 12.9. The molecule has 2 amide bonds. The van der Waals surface area contributed by atoms with Crippen LogP contribution < -0.4 is 0 Å². The number of hydrogen-bond donors (Lipinski definition) is 0. The number of nitrogens with zero attached hydrogens (tertiary/aromatic N) is 3. The van der Waals surface area contributed by atoms with Crippen LogP contribution in [0.2, 0.25) is 0 Å². The SMILES string of the molecule is CC(=O)OC[C@H]1O[C@@H](N=C=NCCN2C(=O)c3ccccc3C2=O)[C@H](OC(C)=O)[C@@H](OC(C)=O)[C@@H]1OC(C)=O. The van der Waals surface area contributed by atoms with Gasteiger partial charge in [0, 0.05) is 34.2 Å². The zero-order chi connectivity index (χ0) is 28.7. The van der Waals surface area contributed by atoms with E-state index in [0.717, 1.165) is 32.6 Å².